The number of pyridine rings is 1. The molecule has 0 aliphatic rings. The maximum atomic E-state index is 12.0. The molecule has 0 unspecified atom stereocenters. The Hall–Kier alpha value is -1.89. The second-order valence-corrected chi connectivity index (χ2v) is 3.70. The van der Waals surface area contributed by atoms with Gasteiger partial charge in [-0.05, 0) is 12.1 Å². The normalized spacial score (nSPS) is 10.9. The van der Waals surface area contributed by atoms with E-state index < -0.39 is 18.6 Å². The van der Waals surface area contributed by atoms with Gasteiger partial charge in [-0.3, -0.25) is 9.78 Å². The predicted molar refractivity (Wildman–Crippen MR) is 57.3 cm³/mol. The van der Waals surface area contributed by atoms with Gasteiger partial charge in [0.05, 0.1) is 11.4 Å². The fourth-order valence-corrected chi connectivity index (χ4v) is 1.41. The minimum atomic E-state index is -3.06. The first-order valence-electron chi connectivity index (χ1n) is 4.82. The summed E-state index contributed by atoms with van der Waals surface area (Å²) in [6.45, 7) is 0. The number of Topliss-reactive ketones (excluding diaryl/α,β-unsaturated/α-hetero) is 1. The average molecular weight is 274 g/mol. The van der Waals surface area contributed by atoms with Crippen molar-refractivity contribution in [2.75, 3.05) is 0 Å². The van der Waals surface area contributed by atoms with Crippen LogP contribution in [-0.2, 0) is 11.2 Å². The van der Waals surface area contributed by atoms with Crippen molar-refractivity contribution in [3.63, 3.8) is 0 Å². The van der Waals surface area contributed by atoms with E-state index in [1.807, 2.05) is 0 Å². The van der Waals surface area contributed by atoms with Gasteiger partial charge < -0.3 is 4.52 Å². The number of ketones is 1. The van der Waals surface area contributed by atoms with Gasteiger partial charge in [-0.15, -0.1) is 0 Å². The lowest BCUT2D eigenvalue weighted by Crippen LogP contribution is -2.12. The number of nitrogens with zero attached hydrogens (tertiary/aromatic N) is 3. The van der Waals surface area contributed by atoms with Crippen molar-refractivity contribution in [3.8, 4) is 11.5 Å². The van der Waals surface area contributed by atoms with Crippen LogP contribution in [0.1, 0.15) is 5.89 Å². The third kappa shape index (κ3) is 2.67. The van der Waals surface area contributed by atoms with Gasteiger partial charge in [0.2, 0.25) is 17.5 Å². The van der Waals surface area contributed by atoms with Gasteiger partial charge in [0, 0.05) is 6.20 Å². The Kier molecular flexibility index (Phi) is 3.61. The van der Waals surface area contributed by atoms with E-state index in [1.165, 1.54) is 6.20 Å². The molecule has 0 radical (unpaired) electrons. The van der Waals surface area contributed by atoms with Crippen LogP contribution in [0, 0.1) is 0 Å². The van der Waals surface area contributed by atoms with Gasteiger partial charge in [0.1, 0.15) is 5.69 Å². The summed E-state index contributed by atoms with van der Waals surface area (Å²) in [7, 11) is 0. The maximum Gasteiger partial charge on any atom is 0.296 e. The number of carbonyl (C=O) groups is 1. The molecule has 0 saturated carbocycles. The molecule has 2 aromatic rings. The van der Waals surface area contributed by atoms with Crippen molar-refractivity contribution in [3.05, 3.63) is 29.2 Å². The summed E-state index contributed by atoms with van der Waals surface area (Å²) in [6, 6.07) is 3.19. The molecule has 5 nitrogen and oxygen atoms in total. The number of halogens is 3. The molecule has 0 amide bonds. The van der Waals surface area contributed by atoms with E-state index in [9.17, 15) is 13.6 Å². The number of hydrogen-bond donors (Lipinski definition) is 0. The lowest BCUT2D eigenvalue weighted by molar-refractivity contribution is -0.129. The molecule has 0 bridgehead atoms. The first-order chi connectivity index (χ1) is 8.58. The van der Waals surface area contributed by atoms with Crippen LogP contribution in [0.3, 0.4) is 0 Å². The largest absolute Gasteiger partial charge is 0.338 e. The van der Waals surface area contributed by atoms with Crippen molar-refractivity contribution >= 4 is 17.4 Å². The molecule has 0 N–H and O–H groups in total. The van der Waals surface area contributed by atoms with E-state index in [4.69, 9.17) is 11.6 Å². The van der Waals surface area contributed by atoms with Crippen LogP contribution in [0.15, 0.2) is 22.9 Å². The van der Waals surface area contributed by atoms with Crippen LogP contribution in [0.25, 0.3) is 11.5 Å². The first-order valence-corrected chi connectivity index (χ1v) is 5.20. The number of aromatic nitrogens is 3. The minimum absolute atomic E-state index is 0.0534. The van der Waals surface area contributed by atoms with Gasteiger partial charge in [0.25, 0.3) is 6.43 Å². The molecular weight excluding hydrogens is 268 g/mol. The highest BCUT2D eigenvalue weighted by Crippen LogP contribution is 2.22. The Morgan fingerprint density at radius 2 is 2.28 bits per heavy atom. The number of alkyl halides is 2. The number of hydrogen-bond acceptors (Lipinski definition) is 5. The summed E-state index contributed by atoms with van der Waals surface area (Å²) in [5, 5.41) is 3.83. The van der Waals surface area contributed by atoms with Crippen LogP contribution in [0.2, 0.25) is 5.02 Å². The van der Waals surface area contributed by atoms with E-state index in [0.717, 1.165) is 0 Å². The fraction of sp³-hybridized carbons (Fsp3) is 0.200. The van der Waals surface area contributed by atoms with Crippen LogP contribution in [0.4, 0.5) is 8.78 Å². The van der Waals surface area contributed by atoms with Crippen molar-refractivity contribution < 1.29 is 18.1 Å². The van der Waals surface area contributed by atoms with Gasteiger partial charge in [-0.1, -0.05) is 16.8 Å². The third-order valence-corrected chi connectivity index (χ3v) is 2.31. The number of carbonyl (C=O) groups excluding carboxylic acids is 1. The van der Waals surface area contributed by atoms with Crippen LogP contribution < -0.4 is 0 Å². The summed E-state index contributed by atoms with van der Waals surface area (Å²) in [5.74, 6) is -1.42. The lowest BCUT2D eigenvalue weighted by Gasteiger charge is -1.95. The third-order valence-electron chi connectivity index (χ3n) is 2.01. The molecule has 0 aliphatic heterocycles. The van der Waals surface area contributed by atoms with E-state index in [2.05, 4.69) is 19.6 Å². The van der Waals surface area contributed by atoms with E-state index in [1.54, 1.807) is 12.1 Å². The number of rotatable bonds is 4. The molecule has 94 valence electrons. The summed E-state index contributed by atoms with van der Waals surface area (Å²) in [5.41, 5.74) is 0.263. The van der Waals surface area contributed by atoms with E-state index in [-0.39, 0.29) is 17.4 Å². The van der Waals surface area contributed by atoms with Crippen LogP contribution in [0.5, 0.6) is 0 Å². The maximum absolute atomic E-state index is 12.0. The molecule has 0 aromatic carbocycles. The molecule has 0 atom stereocenters. The Morgan fingerprint density at radius 3 is 2.94 bits per heavy atom. The average Bonchev–Trinajstić information content (AvgIpc) is 2.77. The van der Waals surface area contributed by atoms with Gasteiger partial charge in [-0.25, -0.2) is 8.78 Å². The van der Waals surface area contributed by atoms with E-state index in [0.29, 0.717) is 5.02 Å². The highest BCUT2D eigenvalue weighted by molar-refractivity contribution is 6.32. The molecule has 2 aromatic heterocycles. The van der Waals surface area contributed by atoms with Gasteiger partial charge in [0.15, 0.2) is 0 Å². The fourth-order valence-electron chi connectivity index (χ4n) is 1.20. The minimum Gasteiger partial charge on any atom is -0.338 e. The van der Waals surface area contributed by atoms with Gasteiger partial charge >= 0.3 is 0 Å². The quantitative estimate of drug-likeness (QED) is 0.854. The van der Waals surface area contributed by atoms with E-state index >= 15 is 0 Å². The molecule has 2 rings (SSSR count). The Labute approximate surface area is 105 Å². The first kappa shape index (κ1) is 12.6. The van der Waals surface area contributed by atoms with Gasteiger partial charge in [-0.2, -0.15) is 4.98 Å². The summed E-state index contributed by atoms with van der Waals surface area (Å²) < 4.78 is 28.8. The molecule has 8 heteroatoms. The predicted octanol–water partition coefficient (Wildman–Crippen LogP) is 2.16. The van der Waals surface area contributed by atoms with Crippen molar-refractivity contribution in [2.45, 2.75) is 12.8 Å². The summed E-state index contributed by atoms with van der Waals surface area (Å²) in [4.78, 5) is 18.5. The monoisotopic (exact) mass is 273 g/mol. The molecule has 2 heterocycles. The summed E-state index contributed by atoms with van der Waals surface area (Å²) >= 11 is 5.85. The second-order valence-electron chi connectivity index (χ2n) is 3.29. The zero-order valence-electron chi connectivity index (χ0n) is 8.81. The molecular formula is C10H6ClF2N3O2. The molecule has 0 aliphatic carbocycles. The Balaban J connectivity index is 2.21. The topological polar surface area (TPSA) is 68.9 Å². The summed E-state index contributed by atoms with van der Waals surface area (Å²) in [6.07, 6.45) is -2.20. The molecule has 18 heavy (non-hydrogen) atoms. The Morgan fingerprint density at radius 1 is 1.50 bits per heavy atom. The highest BCUT2D eigenvalue weighted by atomic mass is 35.5. The lowest BCUT2D eigenvalue weighted by atomic mass is 10.3. The second kappa shape index (κ2) is 5.18. The van der Waals surface area contributed by atoms with Crippen LogP contribution >= 0.6 is 11.6 Å². The molecule has 0 fully saturated rings. The zero-order valence-corrected chi connectivity index (χ0v) is 9.56. The van der Waals surface area contributed by atoms with Crippen LogP contribution in [-0.4, -0.2) is 27.3 Å². The molecule has 0 spiro atoms. The highest BCUT2D eigenvalue weighted by Gasteiger charge is 2.20. The smallest absolute Gasteiger partial charge is 0.296 e. The molecule has 0 saturated heterocycles. The van der Waals surface area contributed by atoms with Crippen molar-refractivity contribution in [2.24, 2.45) is 0 Å². The standard InChI is InChI=1S/C10H6ClF2N3O2/c11-5-2-1-3-14-8(5)10-15-7(18-16-10)4-6(17)9(12)13/h1-3,9H,4H2. The zero-order chi connectivity index (χ0) is 13.1. The SMILES string of the molecule is O=C(Cc1nc(-c2ncccc2Cl)no1)C(F)F. The van der Waals surface area contributed by atoms with Crippen molar-refractivity contribution in [1.29, 1.82) is 0 Å². The Bertz CT molecular complexity index is 574. The van der Waals surface area contributed by atoms with Crippen molar-refractivity contribution in [1.82, 2.24) is 15.1 Å².